The van der Waals surface area contributed by atoms with Crippen LogP contribution in [0.5, 0.6) is 5.75 Å². The summed E-state index contributed by atoms with van der Waals surface area (Å²) in [6.07, 6.45) is 3.77. The number of aliphatic hydroxyl groups excluding tert-OH is 2. The Morgan fingerprint density at radius 1 is 0.946 bits per heavy atom. The molecule has 5 rings (SSSR count). The molecule has 0 spiro atoms. The number of aromatic nitrogens is 3. The van der Waals surface area contributed by atoms with Crippen LogP contribution in [0.4, 0.5) is 0 Å². The molecule has 0 radical (unpaired) electrons. The van der Waals surface area contributed by atoms with Gasteiger partial charge in [0.25, 0.3) is 0 Å². The second-order valence-electron chi connectivity index (χ2n) is 9.50. The fourth-order valence-corrected chi connectivity index (χ4v) is 4.93. The highest BCUT2D eigenvalue weighted by molar-refractivity contribution is 6.07. The smallest absolute Gasteiger partial charge is 0.146 e. The van der Waals surface area contributed by atoms with Gasteiger partial charge in [0.05, 0.1) is 12.6 Å². The van der Waals surface area contributed by atoms with Crippen LogP contribution in [0.1, 0.15) is 17.8 Å². The molecule has 0 saturated heterocycles. The van der Waals surface area contributed by atoms with E-state index in [4.69, 9.17) is 4.74 Å². The zero-order chi connectivity index (χ0) is 25.6. The van der Waals surface area contributed by atoms with E-state index in [-0.39, 0.29) is 6.61 Å². The van der Waals surface area contributed by atoms with Crippen LogP contribution >= 0.6 is 0 Å². The summed E-state index contributed by atoms with van der Waals surface area (Å²) in [5, 5.41) is 23.0. The lowest BCUT2D eigenvalue weighted by Gasteiger charge is -2.26. The topological polar surface area (TPSA) is 75.7 Å². The minimum absolute atomic E-state index is 0.124. The monoisotopic (exact) mass is 498 g/mol. The van der Waals surface area contributed by atoms with E-state index in [9.17, 15) is 10.2 Å². The van der Waals surface area contributed by atoms with Crippen molar-refractivity contribution in [2.24, 2.45) is 7.05 Å². The van der Waals surface area contributed by atoms with Gasteiger partial charge in [0.2, 0.25) is 0 Å². The molecular weight excluding hydrogens is 464 g/mol. The van der Waals surface area contributed by atoms with Gasteiger partial charge in [-0.05, 0) is 36.2 Å². The van der Waals surface area contributed by atoms with E-state index >= 15 is 0 Å². The van der Waals surface area contributed by atoms with Crippen LogP contribution in [0.2, 0.25) is 0 Å². The van der Waals surface area contributed by atoms with Crippen LogP contribution in [0, 0.1) is 0 Å². The zero-order valence-corrected chi connectivity index (χ0v) is 21.2. The first-order valence-electron chi connectivity index (χ1n) is 12.8. The molecule has 192 valence electrons. The third-order valence-corrected chi connectivity index (χ3v) is 6.79. The normalized spacial score (nSPS) is 12.5. The SMILES string of the molecule is Cn1ccnc1COc1ccc(CN(CCCO)C[C@H](O)Cn2c3ccccc3c3ccccc32)cc1. The number of nitrogens with zero attached hydrogens (tertiary/aromatic N) is 4. The van der Waals surface area contributed by atoms with Crippen molar-refractivity contribution in [1.29, 1.82) is 0 Å². The number of aryl methyl sites for hydroxylation is 1. The fraction of sp³-hybridized carbons (Fsp3) is 0.300. The molecule has 0 aliphatic rings. The summed E-state index contributed by atoms with van der Waals surface area (Å²) in [6.45, 7) is 2.95. The van der Waals surface area contributed by atoms with Gasteiger partial charge in [0.1, 0.15) is 18.2 Å². The Bertz CT molecular complexity index is 1390. The molecule has 0 unspecified atom stereocenters. The van der Waals surface area contributed by atoms with E-state index < -0.39 is 6.10 Å². The summed E-state index contributed by atoms with van der Waals surface area (Å²) in [7, 11) is 1.95. The van der Waals surface area contributed by atoms with Crippen molar-refractivity contribution in [2.75, 3.05) is 19.7 Å². The van der Waals surface area contributed by atoms with Crippen molar-refractivity contribution >= 4 is 21.8 Å². The molecule has 7 heteroatoms. The largest absolute Gasteiger partial charge is 0.486 e. The Labute approximate surface area is 217 Å². The highest BCUT2D eigenvalue weighted by Crippen LogP contribution is 2.29. The molecule has 3 aromatic carbocycles. The van der Waals surface area contributed by atoms with Gasteiger partial charge in [-0.25, -0.2) is 4.98 Å². The highest BCUT2D eigenvalue weighted by Gasteiger charge is 2.17. The summed E-state index contributed by atoms with van der Waals surface area (Å²) < 4.78 is 10.0. The lowest BCUT2D eigenvalue weighted by molar-refractivity contribution is 0.0921. The standard InChI is InChI=1S/C30H34N4O3/c1-32-17-15-31-30(32)22-37-25-13-11-23(12-14-25)19-33(16-6-18-35)20-24(36)21-34-28-9-4-2-7-26(28)27-8-3-5-10-29(27)34/h2-5,7-15,17,24,35-36H,6,16,18-22H2,1H3/t24-/m0/s1. The third-order valence-electron chi connectivity index (χ3n) is 6.79. The van der Waals surface area contributed by atoms with Gasteiger partial charge in [-0.2, -0.15) is 0 Å². The average molecular weight is 499 g/mol. The molecule has 2 heterocycles. The Morgan fingerprint density at radius 3 is 2.24 bits per heavy atom. The van der Waals surface area contributed by atoms with Gasteiger partial charge < -0.3 is 24.1 Å². The van der Waals surface area contributed by atoms with Gasteiger partial charge in [-0.15, -0.1) is 0 Å². The number of rotatable bonds is 12. The molecule has 0 fully saturated rings. The van der Waals surface area contributed by atoms with E-state index in [0.29, 0.717) is 39.2 Å². The summed E-state index contributed by atoms with van der Waals surface area (Å²) in [5.41, 5.74) is 3.39. The molecule has 0 saturated carbocycles. The molecule has 7 nitrogen and oxygen atoms in total. The summed E-state index contributed by atoms with van der Waals surface area (Å²) in [4.78, 5) is 6.50. The van der Waals surface area contributed by atoms with Crippen molar-refractivity contribution in [1.82, 2.24) is 19.0 Å². The Balaban J connectivity index is 1.25. The molecule has 5 aromatic rings. The van der Waals surface area contributed by atoms with Crippen molar-refractivity contribution in [3.63, 3.8) is 0 Å². The van der Waals surface area contributed by atoms with Crippen LogP contribution in [0.15, 0.2) is 85.2 Å². The third kappa shape index (κ3) is 5.85. The maximum atomic E-state index is 11.2. The average Bonchev–Trinajstić information content (AvgIpc) is 3.47. The number of para-hydroxylation sites is 2. The Kier molecular flexibility index (Phi) is 7.84. The number of imidazole rings is 1. The van der Waals surface area contributed by atoms with Gasteiger partial charge in [-0.3, -0.25) is 4.90 Å². The number of benzene rings is 3. The van der Waals surface area contributed by atoms with Crippen LogP contribution in [0.25, 0.3) is 21.8 Å². The van der Waals surface area contributed by atoms with Gasteiger partial charge in [0.15, 0.2) is 0 Å². The van der Waals surface area contributed by atoms with Crippen LogP contribution < -0.4 is 4.74 Å². The zero-order valence-electron chi connectivity index (χ0n) is 21.2. The summed E-state index contributed by atoms with van der Waals surface area (Å²) >= 11 is 0. The molecule has 0 amide bonds. The highest BCUT2D eigenvalue weighted by atomic mass is 16.5. The Morgan fingerprint density at radius 2 is 1.62 bits per heavy atom. The van der Waals surface area contributed by atoms with E-state index in [1.165, 1.54) is 10.8 Å². The number of ether oxygens (including phenoxy) is 1. The van der Waals surface area contributed by atoms with E-state index in [2.05, 4.69) is 63.0 Å². The summed E-state index contributed by atoms with van der Waals surface area (Å²) in [5.74, 6) is 1.66. The maximum Gasteiger partial charge on any atom is 0.146 e. The Hall–Kier alpha value is -3.65. The first kappa shape index (κ1) is 25.0. The van der Waals surface area contributed by atoms with Gasteiger partial charge in [-0.1, -0.05) is 48.5 Å². The molecule has 2 aromatic heterocycles. The number of fused-ring (bicyclic) bond motifs is 3. The second-order valence-corrected chi connectivity index (χ2v) is 9.50. The van der Waals surface area contributed by atoms with E-state index in [0.717, 1.165) is 28.2 Å². The number of hydrogen-bond acceptors (Lipinski definition) is 5. The van der Waals surface area contributed by atoms with Crippen LogP contribution in [0.3, 0.4) is 0 Å². The molecule has 37 heavy (non-hydrogen) atoms. The first-order valence-corrected chi connectivity index (χ1v) is 12.8. The van der Waals surface area contributed by atoms with Crippen molar-refractivity contribution < 1.29 is 14.9 Å². The molecule has 0 bridgehead atoms. The van der Waals surface area contributed by atoms with Crippen molar-refractivity contribution in [2.45, 2.75) is 32.2 Å². The molecule has 1 atom stereocenters. The quantitative estimate of drug-likeness (QED) is 0.267. The van der Waals surface area contributed by atoms with Gasteiger partial charge in [0, 0.05) is 67.5 Å². The van der Waals surface area contributed by atoms with E-state index in [1.54, 1.807) is 6.20 Å². The first-order chi connectivity index (χ1) is 18.1. The predicted molar refractivity (Wildman–Crippen MR) is 146 cm³/mol. The lowest BCUT2D eigenvalue weighted by atomic mass is 10.2. The molecule has 2 N–H and O–H groups in total. The van der Waals surface area contributed by atoms with Gasteiger partial charge >= 0.3 is 0 Å². The number of aliphatic hydroxyl groups is 2. The summed E-state index contributed by atoms with van der Waals surface area (Å²) in [6, 6.07) is 24.7. The molecular formula is C30H34N4O3. The maximum absolute atomic E-state index is 11.2. The number of hydrogen-bond donors (Lipinski definition) is 2. The molecule has 0 aliphatic carbocycles. The van der Waals surface area contributed by atoms with Crippen LogP contribution in [-0.4, -0.2) is 55.0 Å². The van der Waals surface area contributed by atoms with E-state index in [1.807, 2.05) is 42.1 Å². The second kappa shape index (κ2) is 11.6. The predicted octanol–water partition coefficient (Wildman–Crippen LogP) is 4.35. The molecule has 0 aliphatic heterocycles. The lowest BCUT2D eigenvalue weighted by Crippen LogP contribution is -2.35. The van der Waals surface area contributed by atoms with Crippen LogP contribution in [-0.2, 0) is 26.7 Å². The van der Waals surface area contributed by atoms with Crippen molar-refractivity contribution in [3.8, 4) is 5.75 Å². The minimum atomic E-state index is -0.557. The minimum Gasteiger partial charge on any atom is -0.486 e. The fourth-order valence-electron chi connectivity index (χ4n) is 4.93. The van der Waals surface area contributed by atoms with Crippen molar-refractivity contribution in [3.05, 3.63) is 96.6 Å².